The summed E-state index contributed by atoms with van der Waals surface area (Å²) < 4.78 is 5.20. The summed E-state index contributed by atoms with van der Waals surface area (Å²) in [6, 6.07) is 3.83. The van der Waals surface area contributed by atoms with E-state index in [-0.39, 0.29) is 0 Å². The highest BCUT2D eigenvalue weighted by molar-refractivity contribution is 6.61. The lowest BCUT2D eigenvalue weighted by atomic mass is 9.79. The predicted molar refractivity (Wildman–Crippen MR) is 78.9 cm³/mol. The summed E-state index contributed by atoms with van der Waals surface area (Å²) in [5.74, 6) is 0.749. The van der Waals surface area contributed by atoms with E-state index >= 15 is 0 Å². The largest absolute Gasteiger partial charge is 0.491 e. The predicted octanol–water partition coefficient (Wildman–Crippen LogP) is 2.55. The smallest absolute Gasteiger partial charge is 0.423 e. The van der Waals surface area contributed by atoms with Gasteiger partial charge in [0.1, 0.15) is 0 Å². The van der Waals surface area contributed by atoms with Crippen LogP contribution in [0.1, 0.15) is 37.7 Å². The molecule has 1 aromatic rings. The van der Waals surface area contributed by atoms with E-state index in [0.717, 1.165) is 29.2 Å². The number of benzene rings is 1. The zero-order chi connectivity index (χ0) is 13.2. The van der Waals surface area contributed by atoms with Gasteiger partial charge in [-0.1, -0.05) is 30.9 Å². The Morgan fingerprint density at radius 3 is 2.89 bits per heavy atom. The molecule has 0 saturated heterocycles. The van der Waals surface area contributed by atoms with Crippen molar-refractivity contribution in [2.75, 3.05) is 11.9 Å². The number of rotatable bonds is 3. The Hall–Kier alpha value is -0.705. The lowest BCUT2D eigenvalue weighted by molar-refractivity contribution is 0.275. The molecule has 1 saturated carbocycles. The Bertz CT molecular complexity index is 463. The maximum atomic E-state index is 9.72. The molecule has 1 aliphatic heterocycles. The van der Waals surface area contributed by atoms with Gasteiger partial charge in [0.25, 0.3) is 0 Å². The molecule has 1 fully saturated rings. The van der Waals surface area contributed by atoms with Gasteiger partial charge in [0.05, 0.1) is 17.3 Å². The van der Waals surface area contributed by atoms with E-state index < -0.39 is 7.12 Å². The van der Waals surface area contributed by atoms with Crippen LogP contribution in [0.15, 0.2) is 12.1 Å². The summed E-state index contributed by atoms with van der Waals surface area (Å²) in [5.41, 5.74) is 2.74. The minimum absolute atomic E-state index is 0.444. The van der Waals surface area contributed by atoms with Crippen molar-refractivity contribution in [2.24, 2.45) is 5.92 Å². The monoisotopic (exact) mass is 279 g/mol. The third-order valence-electron chi connectivity index (χ3n) is 4.20. The average molecular weight is 280 g/mol. The quantitative estimate of drug-likeness (QED) is 0.836. The van der Waals surface area contributed by atoms with E-state index in [0.29, 0.717) is 11.6 Å². The van der Waals surface area contributed by atoms with Gasteiger partial charge in [-0.3, -0.25) is 0 Å². The first-order valence-electron chi connectivity index (χ1n) is 7.10. The van der Waals surface area contributed by atoms with Gasteiger partial charge < -0.3 is 15.0 Å². The Morgan fingerprint density at radius 2 is 2.11 bits per heavy atom. The molecule has 0 unspecified atom stereocenters. The van der Waals surface area contributed by atoms with E-state index in [1.807, 2.05) is 12.1 Å². The van der Waals surface area contributed by atoms with Crippen molar-refractivity contribution in [2.45, 2.75) is 38.7 Å². The Balaban J connectivity index is 1.68. The van der Waals surface area contributed by atoms with Crippen LogP contribution >= 0.6 is 11.6 Å². The zero-order valence-electron chi connectivity index (χ0n) is 11.0. The molecule has 1 aliphatic carbocycles. The van der Waals surface area contributed by atoms with Crippen LogP contribution in [0.25, 0.3) is 0 Å². The van der Waals surface area contributed by atoms with Crippen molar-refractivity contribution in [1.82, 2.24) is 0 Å². The minimum atomic E-state index is -0.803. The van der Waals surface area contributed by atoms with Crippen molar-refractivity contribution in [3.8, 4) is 0 Å². The highest BCUT2D eigenvalue weighted by atomic mass is 35.5. The summed E-state index contributed by atoms with van der Waals surface area (Å²) >= 11 is 6.27. The standard InChI is InChI=1S/C14H19BClNO2/c16-13-6-11-9-19-15(18)12(11)7-14(13)17-8-10-4-2-1-3-5-10/h6-7,10,17-18H,1-5,8-9H2. The number of anilines is 1. The van der Waals surface area contributed by atoms with Gasteiger partial charge >= 0.3 is 7.12 Å². The summed E-state index contributed by atoms with van der Waals surface area (Å²) in [7, 11) is -0.803. The molecule has 19 heavy (non-hydrogen) atoms. The molecule has 0 radical (unpaired) electrons. The molecule has 3 rings (SSSR count). The van der Waals surface area contributed by atoms with Crippen molar-refractivity contribution in [3.05, 3.63) is 22.7 Å². The van der Waals surface area contributed by atoms with E-state index in [1.165, 1.54) is 32.1 Å². The SMILES string of the molecule is OB1OCc2cc(Cl)c(NCC3CCCCC3)cc21. The minimum Gasteiger partial charge on any atom is -0.423 e. The molecule has 0 atom stereocenters. The number of hydrogen-bond donors (Lipinski definition) is 2. The van der Waals surface area contributed by atoms with Crippen molar-refractivity contribution >= 4 is 29.9 Å². The maximum absolute atomic E-state index is 9.72. The van der Waals surface area contributed by atoms with Crippen LogP contribution in [-0.4, -0.2) is 18.7 Å². The molecule has 2 N–H and O–H groups in total. The van der Waals surface area contributed by atoms with Gasteiger partial charge in [-0.05, 0) is 41.9 Å². The molecule has 1 heterocycles. The molecular formula is C14H19BClNO2. The fraction of sp³-hybridized carbons (Fsp3) is 0.571. The normalized spacial score (nSPS) is 19.6. The van der Waals surface area contributed by atoms with E-state index in [1.54, 1.807) is 0 Å². The van der Waals surface area contributed by atoms with Crippen molar-refractivity contribution in [1.29, 1.82) is 0 Å². The number of nitrogens with one attached hydrogen (secondary N) is 1. The molecule has 2 aliphatic rings. The van der Waals surface area contributed by atoms with Crippen LogP contribution in [0.4, 0.5) is 5.69 Å². The zero-order valence-corrected chi connectivity index (χ0v) is 11.7. The molecule has 0 bridgehead atoms. The van der Waals surface area contributed by atoms with E-state index in [4.69, 9.17) is 16.3 Å². The summed E-state index contributed by atoms with van der Waals surface area (Å²) in [4.78, 5) is 0. The molecule has 0 aromatic heterocycles. The Labute approximate surface area is 119 Å². The van der Waals surface area contributed by atoms with Gasteiger partial charge in [-0.25, -0.2) is 0 Å². The average Bonchev–Trinajstić information content (AvgIpc) is 2.78. The fourth-order valence-electron chi connectivity index (χ4n) is 3.03. The molecule has 102 valence electrons. The van der Waals surface area contributed by atoms with Crippen LogP contribution in [0.3, 0.4) is 0 Å². The molecule has 5 heteroatoms. The van der Waals surface area contributed by atoms with Crippen molar-refractivity contribution < 1.29 is 9.68 Å². The van der Waals surface area contributed by atoms with Crippen LogP contribution < -0.4 is 10.8 Å². The first-order chi connectivity index (χ1) is 9.24. The first-order valence-corrected chi connectivity index (χ1v) is 7.47. The molecule has 0 amide bonds. The fourth-order valence-corrected chi connectivity index (χ4v) is 3.28. The second kappa shape index (κ2) is 5.74. The number of halogens is 1. The van der Waals surface area contributed by atoms with Crippen molar-refractivity contribution in [3.63, 3.8) is 0 Å². The highest BCUT2D eigenvalue weighted by Gasteiger charge is 2.28. The molecule has 3 nitrogen and oxygen atoms in total. The van der Waals surface area contributed by atoms with Crippen LogP contribution in [-0.2, 0) is 11.3 Å². The van der Waals surface area contributed by atoms with Crippen LogP contribution in [0.2, 0.25) is 5.02 Å². The van der Waals surface area contributed by atoms with Gasteiger partial charge in [0, 0.05) is 6.54 Å². The summed E-state index contributed by atoms with van der Waals surface area (Å²) in [5, 5.41) is 13.9. The Morgan fingerprint density at radius 1 is 1.32 bits per heavy atom. The second-order valence-corrected chi connectivity index (χ2v) is 5.99. The summed E-state index contributed by atoms with van der Waals surface area (Å²) in [6.07, 6.45) is 6.68. The topological polar surface area (TPSA) is 41.5 Å². The highest BCUT2D eigenvalue weighted by Crippen LogP contribution is 2.27. The Kier molecular flexibility index (Phi) is 4.01. The maximum Gasteiger partial charge on any atom is 0.491 e. The van der Waals surface area contributed by atoms with E-state index in [9.17, 15) is 5.02 Å². The second-order valence-electron chi connectivity index (χ2n) is 5.58. The van der Waals surface area contributed by atoms with E-state index in [2.05, 4.69) is 5.32 Å². The van der Waals surface area contributed by atoms with Crippen LogP contribution in [0.5, 0.6) is 0 Å². The van der Waals surface area contributed by atoms with Gasteiger partial charge in [-0.2, -0.15) is 0 Å². The lowest BCUT2D eigenvalue weighted by Crippen LogP contribution is -2.28. The van der Waals surface area contributed by atoms with Crippen LogP contribution in [0, 0.1) is 5.92 Å². The third-order valence-corrected chi connectivity index (χ3v) is 4.51. The summed E-state index contributed by atoms with van der Waals surface area (Å²) in [6.45, 7) is 1.41. The lowest BCUT2D eigenvalue weighted by Gasteiger charge is -2.22. The molecular weight excluding hydrogens is 260 g/mol. The third kappa shape index (κ3) is 2.91. The molecule has 1 aromatic carbocycles. The first kappa shape index (κ1) is 13.3. The van der Waals surface area contributed by atoms with Gasteiger partial charge in [0.15, 0.2) is 0 Å². The molecule has 0 spiro atoms. The number of hydrogen-bond acceptors (Lipinski definition) is 3. The van der Waals surface area contributed by atoms with Gasteiger partial charge in [-0.15, -0.1) is 0 Å². The van der Waals surface area contributed by atoms with Gasteiger partial charge in [0.2, 0.25) is 0 Å². The number of fused-ring (bicyclic) bond motifs is 1.